The lowest BCUT2D eigenvalue weighted by Crippen LogP contribution is -2.23. The molecular weight excluding hydrogens is 212 g/mol. The summed E-state index contributed by atoms with van der Waals surface area (Å²) in [5, 5.41) is 9.63. The van der Waals surface area contributed by atoms with E-state index in [9.17, 15) is 5.11 Å². The van der Waals surface area contributed by atoms with E-state index in [2.05, 4.69) is 32.9 Å². The smallest absolute Gasteiger partial charge is 0.126 e. The topological polar surface area (TPSA) is 29.5 Å². The highest BCUT2D eigenvalue weighted by molar-refractivity contribution is 5.49. The molecule has 2 rings (SSSR count). The molecule has 0 aliphatic carbocycles. The van der Waals surface area contributed by atoms with Gasteiger partial charge in [0.2, 0.25) is 0 Å². The van der Waals surface area contributed by atoms with E-state index >= 15 is 0 Å². The minimum absolute atomic E-state index is 0.0470. The van der Waals surface area contributed by atoms with Crippen molar-refractivity contribution in [2.45, 2.75) is 52.1 Å². The summed E-state index contributed by atoms with van der Waals surface area (Å²) in [6.45, 7) is 9.11. The molecule has 1 aromatic carbocycles. The minimum atomic E-state index is -0.289. The van der Waals surface area contributed by atoms with Gasteiger partial charge >= 0.3 is 0 Å². The summed E-state index contributed by atoms with van der Waals surface area (Å²) in [7, 11) is 0. The van der Waals surface area contributed by atoms with E-state index in [1.54, 1.807) is 0 Å². The van der Waals surface area contributed by atoms with Crippen LogP contribution in [0.15, 0.2) is 12.1 Å². The van der Waals surface area contributed by atoms with E-state index in [1.165, 1.54) is 16.7 Å². The standard InChI is InChI=1S/C15H22O2/c1-10-7-12-5-6-17-14(12)13(8-10)15(3,4)9-11(2)16/h7-8,11,16H,5-6,9H2,1-4H3. The van der Waals surface area contributed by atoms with E-state index in [-0.39, 0.29) is 11.5 Å². The second kappa shape index (κ2) is 4.34. The van der Waals surface area contributed by atoms with Gasteiger partial charge in [-0.15, -0.1) is 0 Å². The summed E-state index contributed by atoms with van der Waals surface area (Å²) in [6.07, 6.45) is 1.48. The first-order valence-electron chi connectivity index (χ1n) is 6.35. The summed E-state index contributed by atoms with van der Waals surface area (Å²) in [5.41, 5.74) is 3.79. The molecule has 0 amide bonds. The normalized spacial score (nSPS) is 16.5. The molecular formula is C15H22O2. The van der Waals surface area contributed by atoms with Gasteiger partial charge < -0.3 is 9.84 Å². The SMILES string of the molecule is Cc1cc2c(c(C(C)(C)CC(C)O)c1)OCC2. The third-order valence-electron chi connectivity index (χ3n) is 3.46. The van der Waals surface area contributed by atoms with Crippen molar-refractivity contribution in [1.29, 1.82) is 0 Å². The van der Waals surface area contributed by atoms with E-state index in [1.807, 2.05) is 6.92 Å². The van der Waals surface area contributed by atoms with Crippen molar-refractivity contribution in [2.24, 2.45) is 0 Å². The Hall–Kier alpha value is -1.02. The van der Waals surface area contributed by atoms with Gasteiger partial charge in [0.05, 0.1) is 12.7 Å². The van der Waals surface area contributed by atoms with Crippen LogP contribution in [0.5, 0.6) is 5.75 Å². The molecule has 0 spiro atoms. The zero-order valence-corrected chi connectivity index (χ0v) is 11.2. The lowest BCUT2D eigenvalue weighted by Gasteiger charge is -2.28. The van der Waals surface area contributed by atoms with Crippen molar-refractivity contribution in [3.63, 3.8) is 0 Å². The number of hydrogen-bond donors (Lipinski definition) is 1. The molecule has 1 aliphatic heterocycles. The van der Waals surface area contributed by atoms with E-state index in [0.717, 1.165) is 25.2 Å². The molecule has 17 heavy (non-hydrogen) atoms. The summed E-state index contributed by atoms with van der Waals surface area (Å²) in [6, 6.07) is 4.41. The van der Waals surface area contributed by atoms with E-state index < -0.39 is 0 Å². The zero-order valence-electron chi connectivity index (χ0n) is 11.2. The number of aryl methyl sites for hydroxylation is 1. The molecule has 0 fully saturated rings. The Balaban J connectivity index is 2.44. The highest BCUT2D eigenvalue weighted by atomic mass is 16.5. The second-order valence-electron chi connectivity index (χ2n) is 5.84. The first-order valence-corrected chi connectivity index (χ1v) is 6.35. The molecule has 1 atom stereocenters. The molecule has 0 saturated heterocycles. The third kappa shape index (κ3) is 2.47. The fraction of sp³-hybridized carbons (Fsp3) is 0.600. The number of benzene rings is 1. The average molecular weight is 234 g/mol. The van der Waals surface area contributed by atoms with Gasteiger partial charge in [-0.2, -0.15) is 0 Å². The Kier molecular flexibility index (Phi) is 3.17. The van der Waals surface area contributed by atoms with Crippen LogP contribution in [0.25, 0.3) is 0 Å². The summed E-state index contributed by atoms with van der Waals surface area (Å²) >= 11 is 0. The Labute approximate surface area is 104 Å². The number of aliphatic hydroxyl groups is 1. The van der Waals surface area contributed by atoms with Crippen LogP contribution in [0, 0.1) is 6.92 Å². The van der Waals surface area contributed by atoms with Crippen LogP contribution in [0.3, 0.4) is 0 Å². The molecule has 94 valence electrons. The van der Waals surface area contributed by atoms with Crippen molar-refractivity contribution in [3.8, 4) is 5.75 Å². The van der Waals surface area contributed by atoms with Crippen LogP contribution in [0.1, 0.15) is 43.9 Å². The van der Waals surface area contributed by atoms with Crippen LogP contribution in [0.2, 0.25) is 0 Å². The minimum Gasteiger partial charge on any atom is -0.493 e. The maximum atomic E-state index is 9.63. The molecule has 1 aromatic rings. The quantitative estimate of drug-likeness (QED) is 0.871. The largest absolute Gasteiger partial charge is 0.493 e. The molecule has 1 heterocycles. The van der Waals surface area contributed by atoms with Crippen LogP contribution in [-0.4, -0.2) is 17.8 Å². The summed E-state index contributed by atoms with van der Waals surface area (Å²) < 4.78 is 5.77. The maximum Gasteiger partial charge on any atom is 0.126 e. The highest BCUT2D eigenvalue weighted by Crippen LogP contribution is 2.40. The molecule has 0 aromatic heterocycles. The molecule has 0 saturated carbocycles. The van der Waals surface area contributed by atoms with Gasteiger partial charge in [0.1, 0.15) is 5.75 Å². The van der Waals surface area contributed by atoms with Crippen molar-refractivity contribution < 1.29 is 9.84 Å². The van der Waals surface area contributed by atoms with Crippen LogP contribution in [-0.2, 0) is 11.8 Å². The molecule has 1 unspecified atom stereocenters. The molecule has 1 N–H and O–H groups in total. The number of hydrogen-bond acceptors (Lipinski definition) is 2. The predicted octanol–water partition coefficient (Wildman–Crippen LogP) is 2.98. The van der Waals surface area contributed by atoms with E-state index in [4.69, 9.17) is 4.74 Å². The Morgan fingerprint density at radius 3 is 2.76 bits per heavy atom. The van der Waals surface area contributed by atoms with Gasteiger partial charge in [-0.05, 0) is 31.2 Å². The van der Waals surface area contributed by atoms with Crippen LogP contribution in [0.4, 0.5) is 0 Å². The molecule has 0 radical (unpaired) electrons. The maximum absolute atomic E-state index is 9.63. The molecule has 2 nitrogen and oxygen atoms in total. The Morgan fingerprint density at radius 1 is 1.41 bits per heavy atom. The first kappa shape index (κ1) is 12.4. The highest BCUT2D eigenvalue weighted by Gasteiger charge is 2.29. The zero-order chi connectivity index (χ0) is 12.6. The fourth-order valence-electron chi connectivity index (χ4n) is 2.82. The predicted molar refractivity (Wildman–Crippen MR) is 69.7 cm³/mol. The first-order chi connectivity index (χ1) is 7.90. The van der Waals surface area contributed by atoms with Crippen molar-refractivity contribution >= 4 is 0 Å². The van der Waals surface area contributed by atoms with Gasteiger partial charge in [0.15, 0.2) is 0 Å². The number of ether oxygens (including phenoxy) is 1. The number of rotatable bonds is 3. The summed E-state index contributed by atoms with van der Waals surface area (Å²) in [4.78, 5) is 0. The summed E-state index contributed by atoms with van der Waals surface area (Å²) in [5.74, 6) is 1.06. The van der Waals surface area contributed by atoms with Crippen molar-refractivity contribution in [2.75, 3.05) is 6.61 Å². The second-order valence-corrected chi connectivity index (χ2v) is 5.84. The Bertz CT molecular complexity index is 419. The fourth-order valence-corrected chi connectivity index (χ4v) is 2.82. The monoisotopic (exact) mass is 234 g/mol. The van der Waals surface area contributed by atoms with Gasteiger partial charge in [-0.25, -0.2) is 0 Å². The van der Waals surface area contributed by atoms with Crippen LogP contribution >= 0.6 is 0 Å². The lowest BCUT2D eigenvalue weighted by molar-refractivity contribution is 0.155. The van der Waals surface area contributed by atoms with Crippen molar-refractivity contribution in [1.82, 2.24) is 0 Å². The number of fused-ring (bicyclic) bond motifs is 1. The average Bonchev–Trinajstić information content (AvgIpc) is 2.61. The van der Waals surface area contributed by atoms with Gasteiger partial charge in [-0.3, -0.25) is 0 Å². The molecule has 1 aliphatic rings. The van der Waals surface area contributed by atoms with E-state index in [0.29, 0.717) is 0 Å². The number of aliphatic hydroxyl groups excluding tert-OH is 1. The van der Waals surface area contributed by atoms with Crippen molar-refractivity contribution in [3.05, 3.63) is 28.8 Å². The van der Waals surface area contributed by atoms with Gasteiger partial charge in [0, 0.05) is 12.0 Å². The molecule has 2 heteroatoms. The third-order valence-corrected chi connectivity index (χ3v) is 3.46. The van der Waals surface area contributed by atoms with Gasteiger partial charge in [-0.1, -0.05) is 31.5 Å². The molecule has 0 bridgehead atoms. The van der Waals surface area contributed by atoms with Gasteiger partial charge in [0.25, 0.3) is 0 Å². The lowest BCUT2D eigenvalue weighted by atomic mass is 9.78. The van der Waals surface area contributed by atoms with Crippen LogP contribution < -0.4 is 4.74 Å². The Morgan fingerprint density at radius 2 is 2.12 bits per heavy atom.